The molecule has 2 atom stereocenters. The van der Waals surface area contributed by atoms with Gasteiger partial charge in [-0.15, -0.1) is 0 Å². The van der Waals surface area contributed by atoms with Gasteiger partial charge in [0.1, 0.15) is 9.75 Å². The normalized spacial score (nSPS) is 20.7. The molecule has 0 aliphatic heterocycles. The predicted octanol–water partition coefficient (Wildman–Crippen LogP) is 4.60. The molecule has 1 fully saturated rings. The van der Waals surface area contributed by atoms with Gasteiger partial charge in [-0.1, -0.05) is 64.1 Å². The van der Waals surface area contributed by atoms with Crippen LogP contribution in [0.1, 0.15) is 40.7 Å². The SMILES string of the molecule is CC(=O)NCCCNC(=O)c1cc(C2(C(N)=O)C(c3cc(Cl)cc(Cl)c3)C2(Cl)Cl)ccc1Cl. The maximum atomic E-state index is 12.7. The standard InChI is InChI=1S/C22H20Cl5N3O3/c1-11(31)29-5-2-6-30-19(32)16-9-13(3-4-17(16)25)21(20(28)33)18(22(21,26)27)12-7-14(23)10-15(24)8-12/h3-4,7-10,18H,2,5-6H2,1H3,(H2,28,33)(H,29,31)(H,30,32). The molecule has 11 heteroatoms. The second kappa shape index (κ2) is 9.88. The topological polar surface area (TPSA) is 101 Å². The zero-order chi connectivity index (χ0) is 24.6. The summed E-state index contributed by atoms with van der Waals surface area (Å²) >= 11 is 31.8. The van der Waals surface area contributed by atoms with E-state index in [4.69, 9.17) is 63.7 Å². The first kappa shape index (κ1) is 25.9. The van der Waals surface area contributed by atoms with Gasteiger partial charge in [0, 0.05) is 36.0 Å². The van der Waals surface area contributed by atoms with Gasteiger partial charge >= 0.3 is 0 Å². The van der Waals surface area contributed by atoms with Crippen LogP contribution < -0.4 is 16.4 Å². The molecule has 2 unspecified atom stereocenters. The minimum Gasteiger partial charge on any atom is -0.369 e. The first-order chi connectivity index (χ1) is 15.4. The van der Waals surface area contributed by atoms with E-state index in [-0.39, 0.29) is 16.5 Å². The molecular formula is C22H20Cl5N3O3. The van der Waals surface area contributed by atoms with Gasteiger partial charge in [0.05, 0.1) is 10.6 Å². The van der Waals surface area contributed by atoms with Gasteiger partial charge < -0.3 is 16.4 Å². The van der Waals surface area contributed by atoms with Crippen molar-refractivity contribution in [1.82, 2.24) is 10.6 Å². The largest absolute Gasteiger partial charge is 0.369 e. The van der Waals surface area contributed by atoms with Gasteiger partial charge in [-0.2, -0.15) is 0 Å². The Kier molecular flexibility index (Phi) is 7.76. The van der Waals surface area contributed by atoms with Crippen molar-refractivity contribution in [1.29, 1.82) is 0 Å². The number of alkyl halides is 2. The van der Waals surface area contributed by atoms with Crippen LogP contribution in [0.25, 0.3) is 0 Å². The number of primary amides is 1. The number of halogens is 5. The second-order valence-electron chi connectivity index (χ2n) is 7.72. The summed E-state index contributed by atoms with van der Waals surface area (Å²) in [6, 6.07) is 9.27. The van der Waals surface area contributed by atoms with Gasteiger partial charge in [-0.3, -0.25) is 14.4 Å². The summed E-state index contributed by atoms with van der Waals surface area (Å²) in [4.78, 5) is 36.4. The zero-order valence-electron chi connectivity index (χ0n) is 17.4. The third-order valence-electron chi connectivity index (χ3n) is 5.52. The molecule has 33 heavy (non-hydrogen) atoms. The fourth-order valence-corrected chi connectivity index (χ4v) is 5.85. The van der Waals surface area contributed by atoms with Gasteiger partial charge in [0.2, 0.25) is 11.8 Å². The van der Waals surface area contributed by atoms with Crippen LogP contribution in [-0.2, 0) is 15.0 Å². The summed E-state index contributed by atoms with van der Waals surface area (Å²) in [7, 11) is 0. The summed E-state index contributed by atoms with van der Waals surface area (Å²) in [6.07, 6.45) is 0.526. The van der Waals surface area contributed by atoms with E-state index in [1.807, 2.05) is 0 Å². The lowest BCUT2D eigenvalue weighted by molar-refractivity contribution is -0.121. The van der Waals surface area contributed by atoms with E-state index in [9.17, 15) is 14.4 Å². The smallest absolute Gasteiger partial charge is 0.252 e. The van der Waals surface area contributed by atoms with Crippen molar-refractivity contribution in [2.45, 2.75) is 29.0 Å². The fraction of sp³-hybridized carbons (Fsp3) is 0.318. The molecule has 176 valence electrons. The van der Waals surface area contributed by atoms with Gasteiger partial charge in [0.25, 0.3) is 5.91 Å². The number of hydrogen-bond acceptors (Lipinski definition) is 3. The molecule has 3 amide bonds. The molecule has 2 aromatic carbocycles. The van der Waals surface area contributed by atoms with Crippen molar-refractivity contribution in [3.8, 4) is 0 Å². The number of carbonyl (C=O) groups is 3. The molecule has 3 rings (SSSR count). The van der Waals surface area contributed by atoms with E-state index in [0.29, 0.717) is 40.7 Å². The third-order valence-corrected chi connectivity index (χ3v) is 7.32. The molecule has 0 radical (unpaired) electrons. The number of nitrogens with one attached hydrogen (secondary N) is 2. The lowest BCUT2D eigenvalue weighted by atomic mass is 9.88. The summed E-state index contributed by atoms with van der Waals surface area (Å²) < 4.78 is -1.60. The molecule has 6 nitrogen and oxygen atoms in total. The Morgan fingerprint density at radius 3 is 2.15 bits per heavy atom. The molecule has 0 aromatic heterocycles. The van der Waals surface area contributed by atoms with Crippen LogP contribution in [0.4, 0.5) is 0 Å². The van der Waals surface area contributed by atoms with Crippen molar-refractivity contribution in [3.63, 3.8) is 0 Å². The summed E-state index contributed by atoms with van der Waals surface area (Å²) in [6.45, 7) is 2.13. The van der Waals surface area contributed by atoms with Gasteiger partial charge in [-0.25, -0.2) is 0 Å². The average molecular weight is 552 g/mol. The van der Waals surface area contributed by atoms with Crippen molar-refractivity contribution in [2.24, 2.45) is 5.73 Å². The third kappa shape index (κ3) is 4.91. The maximum Gasteiger partial charge on any atom is 0.252 e. The minimum atomic E-state index is -1.60. The maximum absolute atomic E-state index is 12.7. The Bertz CT molecular complexity index is 1100. The fourth-order valence-electron chi connectivity index (χ4n) is 4.01. The van der Waals surface area contributed by atoms with Crippen LogP contribution in [0, 0.1) is 0 Å². The van der Waals surface area contributed by atoms with Crippen LogP contribution in [0.3, 0.4) is 0 Å². The quantitative estimate of drug-likeness (QED) is 0.330. The van der Waals surface area contributed by atoms with E-state index >= 15 is 0 Å². The van der Waals surface area contributed by atoms with Crippen molar-refractivity contribution >= 4 is 75.7 Å². The highest BCUT2D eigenvalue weighted by molar-refractivity contribution is 6.55. The van der Waals surface area contributed by atoms with Crippen LogP contribution in [0.15, 0.2) is 36.4 Å². The molecule has 4 N–H and O–H groups in total. The molecule has 0 bridgehead atoms. The highest BCUT2D eigenvalue weighted by Gasteiger charge is 2.80. The van der Waals surface area contributed by atoms with E-state index in [0.717, 1.165) is 0 Å². The molecule has 0 spiro atoms. The van der Waals surface area contributed by atoms with Crippen LogP contribution >= 0.6 is 58.0 Å². The van der Waals surface area contributed by atoms with E-state index in [1.54, 1.807) is 24.3 Å². The molecular weight excluding hydrogens is 532 g/mol. The molecule has 1 aliphatic carbocycles. The monoisotopic (exact) mass is 549 g/mol. The molecule has 2 aromatic rings. The van der Waals surface area contributed by atoms with Crippen LogP contribution in [0.5, 0.6) is 0 Å². The minimum absolute atomic E-state index is 0.133. The molecule has 0 heterocycles. The highest BCUT2D eigenvalue weighted by Crippen LogP contribution is 2.74. The number of nitrogens with two attached hydrogens (primary N) is 1. The first-order valence-electron chi connectivity index (χ1n) is 9.89. The Balaban J connectivity index is 1.93. The second-order valence-corrected chi connectivity index (χ2v) is 10.4. The summed E-state index contributed by atoms with van der Waals surface area (Å²) in [5.74, 6) is -2.13. The Morgan fingerprint density at radius 1 is 0.970 bits per heavy atom. The number of amides is 3. The van der Waals surface area contributed by atoms with Gasteiger partial charge in [-0.05, 0) is 47.9 Å². The van der Waals surface area contributed by atoms with E-state index < -0.39 is 27.5 Å². The van der Waals surface area contributed by atoms with Crippen LogP contribution in [-0.4, -0.2) is 35.1 Å². The molecule has 1 saturated carbocycles. The van der Waals surface area contributed by atoms with E-state index in [2.05, 4.69) is 10.6 Å². The lowest BCUT2D eigenvalue weighted by Crippen LogP contribution is -2.34. The van der Waals surface area contributed by atoms with Gasteiger partial charge in [0.15, 0.2) is 0 Å². The number of hydrogen-bond donors (Lipinski definition) is 3. The molecule has 1 aliphatic rings. The molecule has 0 saturated heterocycles. The van der Waals surface area contributed by atoms with Crippen LogP contribution in [0.2, 0.25) is 15.1 Å². The number of rotatable bonds is 8. The Hall–Kier alpha value is -1.70. The summed E-state index contributed by atoms with van der Waals surface area (Å²) in [5.41, 5.74) is 5.28. The number of carbonyl (C=O) groups excluding carboxylic acids is 3. The highest BCUT2D eigenvalue weighted by atomic mass is 35.5. The van der Waals surface area contributed by atoms with Crippen molar-refractivity contribution in [3.05, 3.63) is 68.2 Å². The predicted molar refractivity (Wildman–Crippen MR) is 132 cm³/mol. The Morgan fingerprint density at radius 2 is 1.58 bits per heavy atom. The average Bonchev–Trinajstić information content (AvgIpc) is 3.24. The van der Waals surface area contributed by atoms with Crippen molar-refractivity contribution < 1.29 is 14.4 Å². The zero-order valence-corrected chi connectivity index (χ0v) is 21.1. The lowest BCUT2D eigenvalue weighted by Gasteiger charge is -2.17. The Labute approximate surface area is 216 Å². The van der Waals surface area contributed by atoms with Crippen molar-refractivity contribution in [2.75, 3.05) is 13.1 Å². The summed E-state index contributed by atoms with van der Waals surface area (Å²) in [5, 5.41) is 6.25. The van der Waals surface area contributed by atoms with E-state index in [1.165, 1.54) is 19.1 Å². The first-order valence-corrected chi connectivity index (χ1v) is 11.8. The number of benzene rings is 2.